The average Bonchev–Trinajstić information content (AvgIpc) is 2.70. The monoisotopic (exact) mass is 448 g/mol. The van der Waals surface area contributed by atoms with E-state index in [0.717, 1.165) is 11.1 Å². The Labute approximate surface area is 189 Å². The fourth-order valence-electron chi connectivity index (χ4n) is 3.19. The van der Waals surface area contributed by atoms with Gasteiger partial charge in [0.15, 0.2) is 0 Å². The molecule has 2 aromatic carbocycles. The van der Waals surface area contributed by atoms with Gasteiger partial charge in [-0.3, -0.25) is 9.59 Å². The standard InChI is InChI=1S/C24H30Cl2N2O2/c1-5-22(24(30)27-14-16(2)3)28(15-18-11-9-17(4)10-12-18)23(29)13-19-20(25)7-6-8-21(19)26/h6-12,16,22H,5,13-15H2,1-4H3,(H,27,30)/t22-/m1/s1. The summed E-state index contributed by atoms with van der Waals surface area (Å²) in [5.41, 5.74) is 2.69. The summed E-state index contributed by atoms with van der Waals surface area (Å²) >= 11 is 12.6. The van der Waals surface area contributed by atoms with Gasteiger partial charge in [-0.25, -0.2) is 0 Å². The first kappa shape index (κ1) is 24.2. The first-order valence-electron chi connectivity index (χ1n) is 10.3. The topological polar surface area (TPSA) is 49.4 Å². The highest BCUT2D eigenvalue weighted by Gasteiger charge is 2.29. The third-order valence-electron chi connectivity index (χ3n) is 4.93. The van der Waals surface area contributed by atoms with Gasteiger partial charge in [0.2, 0.25) is 11.8 Å². The molecular formula is C24H30Cl2N2O2. The summed E-state index contributed by atoms with van der Waals surface area (Å²) in [5.74, 6) is 0.00340. The molecule has 0 spiro atoms. The molecule has 1 N–H and O–H groups in total. The van der Waals surface area contributed by atoms with Crippen LogP contribution in [0.2, 0.25) is 10.0 Å². The molecule has 4 nitrogen and oxygen atoms in total. The van der Waals surface area contributed by atoms with E-state index in [1.807, 2.05) is 52.0 Å². The van der Waals surface area contributed by atoms with Crippen molar-refractivity contribution in [3.05, 3.63) is 69.2 Å². The van der Waals surface area contributed by atoms with Crippen LogP contribution in [0.1, 0.15) is 43.9 Å². The molecule has 0 unspecified atom stereocenters. The molecule has 1 atom stereocenters. The van der Waals surface area contributed by atoms with Gasteiger partial charge < -0.3 is 10.2 Å². The first-order valence-corrected chi connectivity index (χ1v) is 11.0. The summed E-state index contributed by atoms with van der Waals surface area (Å²) < 4.78 is 0. The molecule has 0 bridgehead atoms. The van der Waals surface area contributed by atoms with Crippen LogP contribution in [0, 0.1) is 12.8 Å². The van der Waals surface area contributed by atoms with Crippen molar-refractivity contribution < 1.29 is 9.59 Å². The number of amides is 2. The van der Waals surface area contributed by atoms with Crippen molar-refractivity contribution in [2.24, 2.45) is 5.92 Å². The molecule has 0 saturated heterocycles. The molecule has 0 fully saturated rings. The highest BCUT2D eigenvalue weighted by Crippen LogP contribution is 2.26. The lowest BCUT2D eigenvalue weighted by Crippen LogP contribution is -2.50. The normalized spacial score (nSPS) is 12.0. The number of rotatable bonds is 9. The van der Waals surface area contributed by atoms with E-state index in [4.69, 9.17) is 23.2 Å². The SMILES string of the molecule is CC[C@H](C(=O)NCC(C)C)N(Cc1ccc(C)cc1)C(=O)Cc1c(Cl)cccc1Cl. The maximum absolute atomic E-state index is 13.4. The summed E-state index contributed by atoms with van der Waals surface area (Å²) in [6.45, 7) is 8.91. The molecule has 2 aromatic rings. The number of hydrogen-bond donors (Lipinski definition) is 1. The van der Waals surface area contributed by atoms with Crippen molar-refractivity contribution in [1.29, 1.82) is 0 Å². The van der Waals surface area contributed by atoms with Gasteiger partial charge in [-0.05, 0) is 42.5 Å². The zero-order chi connectivity index (χ0) is 22.3. The van der Waals surface area contributed by atoms with E-state index in [1.54, 1.807) is 23.1 Å². The van der Waals surface area contributed by atoms with Crippen molar-refractivity contribution in [2.75, 3.05) is 6.54 Å². The van der Waals surface area contributed by atoms with Gasteiger partial charge >= 0.3 is 0 Å². The fraction of sp³-hybridized carbons (Fsp3) is 0.417. The number of carbonyl (C=O) groups is 2. The minimum Gasteiger partial charge on any atom is -0.354 e. The fourth-order valence-corrected chi connectivity index (χ4v) is 3.72. The lowest BCUT2D eigenvalue weighted by atomic mass is 10.1. The van der Waals surface area contributed by atoms with Crippen molar-refractivity contribution in [3.63, 3.8) is 0 Å². The van der Waals surface area contributed by atoms with E-state index < -0.39 is 6.04 Å². The zero-order valence-corrected chi connectivity index (χ0v) is 19.6. The van der Waals surface area contributed by atoms with Gasteiger partial charge in [0.1, 0.15) is 6.04 Å². The van der Waals surface area contributed by atoms with Crippen LogP contribution in [0.15, 0.2) is 42.5 Å². The van der Waals surface area contributed by atoms with Crippen molar-refractivity contribution >= 4 is 35.0 Å². The van der Waals surface area contributed by atoms with E-state index in [2.05, 4.69) is 5.32 Å². The smallest absolute Gasteiger partial charge is 0.242 e. The second-order valence-corrected chi connectivity index (χ2v) is 8.76. The van der Waals surface area contributed by atoms with Gasteiger partial charge in [-0.2, -0.15) is 0 Å². The van der Waals surface area contributed by atoms with Crippen molar-refractivity contribution in [2.45, 2.75) is 53.1 Å². The summed E-state index contributed by atoms with van der Waals surface area (Å²) in [5, 5.41) is 3.86. The van der Waals surface area contributed by atoms with Gasteiger partial charge in [0.25, 0.3) is 0 Å². The zero-order valence-electron chi connectivity index (χ0n) is 18.0. The van der Waals surface area contributed by atoms with Crippen LogP contribution < -0.4 is 5.32 Å². The molecule has 2 amide bonds. The predicted octanol–water partition coefficient (Wildman–Crippen LogP) is 5.42. The lowest BCUT2D eigenvalue weighted by Gasteiger charge is -2.31. The molecule has 30 heavy (non-hydrogen) atoms. The first-order chi connectivity index (χ1) is 14.2. The van der Waals surface area contributed by atoms with Gasteiger partial charge in [-0.1, -0.05) is 79.9 Å². The summed E-state index contributed by atoms with van der Waals surface area (Å²) in [6.07, 6.45) is 0.552. The Balaban J connectivity index is 2.32. The average molecular weight is 449 g/mol. The molecular weight excluding hydrogens is 419 g/mol. The summed E-state index contributed by atoms with van der Waals surface area (Å²) in [6, 6.07) is 12.6. The van der Waals surface area contributed by atoms with Crippen LogP contribution in [0.4, 0.5) is 0 Å². The molecule has 0 saturated carbocycles. The maximum atomic E-state index is 13.4. The van der Waals surface area contributed by atoms with E-state index >= 15 is 0 Å². The highest BCUT2D eigenvalue weighted by molar-refractivity contribution is 6.36. The number of nitrogens with zero attached hydrogens (tertiary/aromatic N) is 1. The van der Waals surface area contributed by atoms with Gasteiger partial charge in [-0.15, -0.1) is 0 Å². The second kappa shape index (κ2) is 11.4. The number of halogens is 2. The number of carbonyl (C=O) groups excluding carboxylic acids is 2. The van der Waals surface area contributed by atoms with Crippen LogP contribution in [0.25, 0.3) is 0 Å². The minimum absolute atomic E-state index is 0.0400. The molecule has 0 aromatic heterocycles. The Morgan fingerprint density at radius 2 is 1.63 bits per heavy atom. The largest absolute Gasteiger partial charge is 0.354 e. The Kier molecular flexibility index (Phi) is 9.19. The van der Waals surface area contributed by atoms with Crippen LogP contribution in [-0.2, 0) is 22.6 Å². The number of nitrogens with one attached hydrogen (secondary N) is 1. The van der Waals surface area contributed by atoms with Gasteiger partial charge in [0.05, 0.1) is 6.42 Å². The number of hydrogen-bond acceptors (Lipinski definition) is 2. The van der Waals surface area contributed by atoms with E-state index in [1.165, 1.54) is 0 Å². The lowest BCUT2D eigenvalue weighted by molar-refractivity contribution is -0.141. The van der Waals surface area contributed by atoms with Crippen LogP contribution >= 0.6 is 23.2 Å². The highest BCUT2D eigenvalue weighted by atomic mass is 35.5. The Hall–Kier alpha value is -2.04. The molecule has 0 heterocycles. The minimum atomic E-state index is -0.571. The Bertz CT molecular complexity index is 846. The Morgan fingerprint density at radius 3 is 2.17 bits per heavy atom. The van der Waals surface area contributed by atoms with Crippen LogP contribution in [0.3, 0.4) is 0 Å². The Morgan fingerprint density at radius 1 is 1.03 bits per heavy atom. The molecule has 162 valence electrons. The molecule has 0 aliphatic heterocycles. The van der Waals surface area contributed by atoms with Crippen LogP contribution in [0.5, 0.6) is 0 Å². The van der Waals surface area contributed by atoms with E-state index in [9.17, 15) is 9.59 Å². The summed E-state index contributed by atoms with van der Waals surface area (Å²) in [7, 11) is 0. The molecule has 6 heteroatoms. The quantitative estimate of drug-likeness (QED) is 0.556. The third kappa shape index (κ3) is 6.75. The molecule has 0 aliphatic rings. The maximum Gasteiger partial charge on any atom is 0.242 e. The predicted molar refractivity (Wildman–Crippen MR) is 124 cm³/mol. The van der Waals surface area contributed by atoms with E-state index in [0.29, 0.717) is 41.0 Å². The number of aryl methyl sites for hydroxylation is 1. The van der Waals surface area contributed by atoms with Crippen molar-refractivity contribution in [3.8, 4) is 0 Å². The van der Waals surface area contributed by atoms with Gasteiger partial charge in [0, 0.05) is 23.1 Å². The molecule has 0 radical (unpaired) electrons. The number of benzene rings is 2. The molecule has 0 aliphatic carbocycles. The third-order valence-corrected chi connectivity index (χ3v) is 5.64. The van der Waals surface area contributed by atoms with Crippen LogP contribution in [-0.4, -0.2) is 29.3 Å². The summed E-state index contributed by atoms with van der Waals surface area (Å²) in [4.78, 5) is 27.9. The second-order valence-electron chi connectivity index (χ2n) is 7.95. The molecule has 2 rings (SSSR count). The van der Waals surface area contributed by atoms with Crippen molar-refractivity contribution in [1.82, 2.24) is 10.2 Å². The van der Waals surface area contributed by atoms with E-state index in [-0.39, 0.29) is 18.2 Å².